The third-order valence-electron chi connectivity index (χ3n) is 6.04. The smallest absolute Gasteiger partial charge is 0.255 e. The quantitative estimate of drug-likeness (QED) is 0.363. The maximum atomic E-state index is 12.7. The first kappa shape index (κ1) is 22.7. The summed E-state index contributed by atoms with van der Waals surface area (Å²) >= 11 is 0. The van der Waals surface area contributed by atoms with Crippen molar-refractivity contribution < 1.29 is 14.3 Å². The molecule has 5 heteroatoms. The first-order valence-electron chi connectivity index (χ1n) is 11.8. The fraction of sp³-hybridized carbons (Fsp3) is 0.200. The van der Waals surface area contributed by atoms with Crippen molar-refractivity contribution in [1.82, 2.24) is 4.98 Å². The summed E-state index contributed by atoms with van der Waals surface area (Å²) in [6.07, 6.45) is 0. The van der Waals surface area contributed by atoms with Crippen LogP contribution in [0.15, 0.2) is 84.9 Å². The van der Waals surface area contributed by atoms with E-state index >= 15 is 0 Å². The van der Waals surface area contributed by atoms with E-state index in [1.54, 1.807) is 0 Å². The van der Waals surface area contributed by atoms with Crippen LogP contribution in [0.1, 0.15) is 36.7 Å². The molecule has 2 heterocycles. The predicted octanol–water partition coefficient (Wildman–Crippen LogP) is 6.74. The number of nitrogens with one attached hydrogen (secondary N) is 1. The summed E-state index contributed by atoms with van der Waals surface area (Å²) in [7, 11) is 0. The summed E-state index contributed by atoms with van der Waals surface area (Å²) in [5.41, 5.74) is 6.28. The molecule has 0 fully saturated rings. The van der Waals surface area contributed by atoms with Crippen molar-refractivity contribution in [3.8, 4) is 34.0 Å². The molecule has 0 saturated carbocycles. The molecule has 0 radical (unpaired) electrons. The lowest BCUT2D eigenvalue weighted by Gasteiger charge is -2.19. The van der Waals surface area contributed by atoms with Crippen molar-refractivity contribution in [2.24, 2.45) is 0 Å². The minimum absolute atomic E-state index is 0.0538. The van der Waals surface area contributed by atoms with Gasteiger partial charge in [-0.25, -0.2) is 4.98 Å². The van der Waals surface area contributed by atoms with Crippen LogP contribution >= 0.6 is 0 Å². The molecule has 5 rings (SSSR count). The third kappa shape index (κ3) is 5.04. The van der Waals surface area contributed by atoms with Crippen LogP contribution in [0.5, 0.6) is 11.5 Å². The van der Waals surface area contributed by atoms with Crippen LogP contribution in [-0.2, 0) is 5.41 Å². The Bertz CT molecular complexity index is 1350. The van der Waals surface area contributed by atoms with Crippen LogP contribution in [0.3, 0.4) is 0 Å². The van der Waals surface area contributed by atoms with Crippen LogP contribution in [-0.4, -0.2) is 24.1 Å². The van der Waals surface area contributed by atoms with E-state index in [-0.39, 0.29) is 11.3 Å². The molecule has 1 aliphatic rings. The molecule has 1 aliphatic heterocycles. The highest BCUT2D eigenvalue weighted by Crippen LogP contribution is 2.34. The molecule has 0 unspecified atom stereocenters. The Morgan fingerprint density at radius 1 is 0.771 bits per heavy atom. The van der Waals surface area contributed by atoms with Crippen LogP contribution in [0.25, 0.3) is 22.5 Å². The number of nitrogens with zero attached hydrogens (tertiary/aromatic N) is 1. The average Bonchev–Trinajstić information content (AvgIpc) is 2.88. The molecule has 0 aliphatic carbocycles. The molecule has 1 N–H and O–H groups in total. The number of aromatic nitrogens is 1. The van der Waals surface area contributed by atoms with E-state index in [2.05, 4.69) is 26.1 Å². The van der Waals surface area contributed by atoms with E-state index in [0.29, 0.717) is 18.8 Å². The molecule has 3 aromatic carbocycles. The van der Waals surface area contributed by atoms with Crippen LogP contribution in [0.2, 0.25) is 0 Å². The monoisotopic (exact) mass is 464 g/mol. The number of hydrogen-bond donors (Lipinski definition) is 1. The minimum atomic E-state index is -0.128. The molecule has 0 bridgehead atoms. The number of hydrogen-bond acceptors (Lipinski definition) is 4. The first-order chi connectivity index (χ1) is 16.9. The minimum Gasteiger partial charge on any atom is -0.486 e. The number of anilines is 1. The van der Waals surface area contributed by atoms with E-state index in [1.165, 1.54) is 5.56 Å². The maximum Gasteiger partial charge on any atom is 0.255 e. The molecule has 1 amide bonds. The van der Waals surface area contributed by atoms with Gasteiger partial charge in [0.05, 0.1) is 11.4 Å². The largest absolute Gasteiger partial charge is 0.486 e. The van der Waals surface area contributed by atoms with Gasteiger partial charge in [0.25, 0.3) is 5.91 Å². The fourth-order valence-corrected chi connectivity index (χ4v) is 4.01. The first-order valence-corrected chi connectivity index (χ1v) is 11.8. The predicted molar refractivity (Wildman–Crippen MR) is 139 cm³/mol. The van der Waals surface area contributed by atoms with Crippen molar-refractivity contribution in [1.29, 1.82) is 0 Å². The second-order valence-corrected chi connectivity index (χ2v) is 9.63. The third-order valence-corrected chi connectivity index (χ3v) is 6.04. The van der Waals surface area contributed by atoms with Gasteiger partial charge in [0.15, 0.2) is 11.5 Å². The second-order valence-electron chi connectivity index (χ2n) is 9.63. The van der Waals surface area contributed by atoms with E-state index in [0.717, 1.165) is 39.7 Å². The molecule has 4 aromatic rings. The maximum absolute atomic E-state index is 12.7. The van der Waals surface area contributed by atoms with Gasteiger partial charge in [-0.1, -0.05) is 51.1 Å². The van der Waals surface area contributed by atoms with Gasteiger partial charge in [0, 0.05) is 22.4 Å². The van der Waals surface area contributed by atoms with E-state index in [4.69, 9.17) is 14.5 Å². The standard InChI is InChI=1S/C30H28N2O3/c1-30(2,3)23-12-7-21(8-13-23)29(33)31-24-14-9-20(10-15-24)25-5-4-6-26(32-25)22-11-16-27-28(19-22)35-18-17-34-27/h4-16,19H,17-18H2,1-3H3,(H,31,33). The number of benzene rings is 3. The molecule has 0 spiro atoms. The summed E-state index contributed by atoms with van der Waals surface area (Å²) in [5, 5.41) is 2.98. The Kier molecular flexibility index (Phi) is 6.00. The van der Waals surface area contributed by atoms with E-state index in [9.17, 15) is 4.79 Å². The lowest BCUT2D eigenvalue weighted by molar-refractivity contribution is 0.102. The molecule has 0 atom stereocenters. The van der Waals surface area contributed by atoms with Crippen molar-refractivity contribution in [2.75, 3.05) is 18.5 Å². The number of ether oxygens (including phenoxy) is 2. The topological polar surface area (TPSA) is 60.5 Å². The van der Waals surface area contributed by atoms with Crippen LogP contribution in [0.4, 0.5) is 5.69 Å². The van der Waals surface area contributed by atoms with Gasteiger partial charge >= 0.3 is 0 Å². The lowest BCUT2D eigenvalue weighted by Crippen LogP contribution is -2.15. The molecule has 1 aromatic heterocycles. The Labute approximate surface area is 205 Å². The van der Waals surface area contributed by atoms with Gasteiger partial charge in [0.1, 0.15) is 13.2 Å². The molecule has 5 nitrogen and oxygen atoms in total. The molecule has 35 heavy (non-hydrogen) atoms. The van der Waals surface area contributed by atoms with Gasteiger partial charge < -0.3 is 14.8 Å². The number of amides is 1. The molecule has 176 valence electrons. The van der Waals surface area contributed by atoms with Gasteiger partial charge in [0.2, 0.25) is 0 Å². The van der Waals surface area contributed by atoms with Crippen molar-refractivity contribution in [3.05, 3.63) is 96.1 Å². The number of carbonyl (C=O) groups is 1. The molecular weight excluding hydrogens is 436 g/mol. The zero-order chi connectivity index (χ0) is 24.4. The SMILES string of the molecule is CC(C)(C)c1ccc(C(=O)Nc2ccc(-c3cccc(-c4ccc5c(c4)OCCO5)n3)cc2)cc1. The Balaban J connectivity index is 1.30. The second kappa shape index (κ2) is 9.26. The summed E-state index contributed by atoms with van der Waals surface area (Å²) < 4.78 is 11.3. The van der Waals surface area contributed by atoms with Crippen LogP contribution < -0.4 is 14.8 Å². The number of rotatable bonds is 4. The zero-order valence-electron chi connectivity index (χ0n) is 20.2. The van der Waals surface area contributed by atoms with Gasteiger partial charge in [-0.15, -0.1) is 0 Å². The van der Waals surface area contributed by atoms with Gasteiger partial charge in [-0.2, -0.15) is 0 Å². The Hall–Kier alpha value is -4.12. The fourth-order valence-electron chi connectivity index (χ4n) is 4.01. The van der Waals surface area contributed by atoms with Crippen molar-refractivity contribution in [2.45, 2.75) is 26.2 Å². The zero-order valence-corrected chi connectivity index (χ0v) is 20.2. The number of pyridine rings is 1. The highest BCUT2D eigenvalue weighted by Gasteiger charge is 2.15. The summed E-state index contributed by atoms with van der Waals surface area (Å²) in [5.74, 6) is 1.38. The van der Waals surface area contributed by atoms with E-state index < -0.39 is 0 Å². The summed E-state index contributed by atoms with van der Waals surface area (Å²) in [6, 6.07) is 27.3. The molecule has 0 saturated heterocycles. The van der Waals surface area contributed by atoms with Gasteiger partial charge in [-0.3, -0.25) is 4.79 Å². The lowest BCUT2D eigenvalue weighted by atomic mass is 9.87. The summed E-state index contributed by atoms with van der Waals surface area (Å²) in [4.78, 5) is 17.5. The Morgan fingerprint density at radius 2 is 1.40 bits per heavy atom. The highest BCUT2D eigenvalue weighted by molar-refractivity contribution is 6.04. The van der Waals surface area contributed by atoms with Crippen LogP contribution in [0, 0.1) is 0 Å². The molecular formula is C30H28N2O3. The Morgan fingerprint density at radius 3 is 2.09 bits per heavy atom. The van der Waals surface area contributed by atoms with E-state index in [1.807, 2.05) is 84.9 Å². The van der Waals surface area contributed by atoms with Crippen molar-refractivity contribution in [3.63, 3.8) is 0 Å². The number of fused-ring (bicyclic) bond motifs is 1. The summed E-state index contributed by atoms with van der Waals surface area (Å²) in [6.45, 7) is 7.59. The average molecular weight is 465 g/mol. The van der Waals surface area contributed by atoms with Gasteiger partial charge in [-0.05, 0) is 65.6 Å². The number of carbonyl (C=O) groups excluding carboxylic acids is 1. The normalized spacial score (nSPS) is 12.8. The highest BCUT2D eigenvalue weighted by atomic mass is 16.6. The van der Waals surface area contributed by atoms with Crippen molar-refractivity contribution >= 4 is 11.6 Å².